The molecule has 2 rings (SSSR count). The van der Waals surface area contributed by atoms with E-state index in [1.54, 1.807) is 0 Å². The second-order valence-corrected chi connectivity index (χ2v) is 5.02. The first-order chi connectivity index (χ1) is 10.1. The third-order valence-corrected chi connectivity index (χ3v) is 3.48. The van der Waals surface area contributed by atoms with Crippen molar-refractivity contribution in [1.29, 1.82) is 0 Å². The Balaban J connectivity index is 2.55. The first-order valence-electron chi connectivity index (χ1n) is 6.82. The number of nitrogens with zero attached hydrogens (tertiary/aromatic N) is 4. The van der Waals surface area contributed by atoms with Crippen molar-refractivity contribution >= 4 is 33.9 Å². The fourth-order valence-corrected chi connectivity index (χ4v) is 2.28. The van der Waals surface area contributed by atoms with Gasteiger partial charge in [-0.2, -0.15) is 0 Å². The van der Waals surface area contributed by atoms with E-state index in [4.69, 9.17) is 18.0 Å². The molecule has 0 fully saturated rings. The Morgan fingerprint density at radius 2 is 2.00 bits per heavy atom. The summed E-state index contributed by atoms with van der Waals surface area (Å²) in [4.78, 5) is 2.20. The van der Waals surface area contributed by atoms with Crippen molar-refractivity contribution in [3.8, 4) is 5.88 Å². The zero-order chi connectivity index (χ0) is 15.4. The molecule has 0 aliphatic rings. The van der Waals surface area contributed by atoms with Gasteiger partial charge in [-0.25, -0.2) is 0 Å². The van der Waals surface area contributed by atoms with E-state index in [-0.39, 0.29) is 11.0 Å². The number of nitrogens with two attached hydrogens (primary N) is 1. The second-order valence-electron chi connectivity index (χ2n) is 4.60. The maximum Gasteiger partial charge on any atom is 0.221 e. The summed E-state index contributed by atoms with van der Waals surface area (Å²) in [6.45, 7) is 6.54. The molecule has 1 heterocycles. The first kappa shape index (κ1) is 15.4. The highest BCUT2D eigenvalue weighted by Crippen LogP contribution is 2.38. The van der Waals surface area contributed by atoms with Gasteiger partial charge in [0, 0.05) is 5.39 Å². The number of benzene rings is 1. The van der Waals surface area contributed by atoms with Crippen LogP contribution in [0, 0.1) is 0 Å². The number of rotatable bonds is 5. The summed E-state index contributed by atoms with van der Waals surface area (Å²) >= 11 is 4.70. The Morgan fingerprint density at radius 3 is 2.62 bits per heavy atom. The third-order valence-electron chi connectivity index (χ3n) is 3.40. The predicted molar refractivity (Wildman–Crippen MR) is 87.8 cm³/mol. The molecule has 112 valence electrons. The molecule has 6 nitrogen and oxygen atoms in total. The quantitative estimate of drug-likeness (QED) is 0.657. The lowest BCUT2D eigenvalue weighted by Gasteiger charge is -2.19. The van der Waals surface area contributed by atoms with Crippen LogP contribution in [0.15, 0.2) is 34.5 Å². The fourth-order valence-electron chi connectivity index (χ4n) is 2.24. The molecule has 0 radical (unpaired) electrons. The van der Waals surface area contributed by atoms with E-state index in [1.165, 1.54) is 0 Å². The molecule has 1 aromatic heterocycles. The molecule has 2 aromatic rings. The monoisotopic (exact) mass is 305 g/mol. The number of aromatic nitrogens is 1. The Bertz CT molecular complexity index is 675. The van der Waals surface area contributed by atoms with Crippen molar-refractivity contribution in [2.24, 2.45) is 16.0 Å². The highest BCUT2D eigenvalue weighted by atomic mass is 32.1. The van der Waals surface area contributed by atoms with Crippen LogP contribution in [0.2, 0.25) is 0 Å². The number of hydrogen-bond acceptors (Lipinski definition) is 4. The molecule has 0 amide bonds. The van der Waals surface area contributed by atoms with Crippen LogP contribution in [0.5, 0.6) is 5.88 Å². The molecule has 3 N–H and O–H groups in total. The molecular weight excluding hydrogens is 286 g/mol. The number of thiocarbonyl (C=S) groups is 1. The average Bonchev–Trinajstić information content (AvgIpc) is 2.74. The van der Waals surface area contributed by atoms with Crippen molar-refractivity contribution in [3.05, 3.63) is 24.3 Å². The SMILES string of the molecule is CCN(CC)Cn1c(O)c(N=NC(N)=S)c2ccccc21. The molecule has 1 aromatic carbocycles. The Morgan fingerprint density at radius 1 is 1.33 bits per heavy atom. The normalized spacial score (nSPS) is 11.8. The maximum atomic E-state index is 10.5. The van der Waals surface area contributed by atoms with Gasteiger partial charge in [0.15, 0.2) is 5.69 Å². The molecule has 7 heteroatoms. The molecule has 0 aliphatic heterocycles. The minimum Gasteiger partial charge on any atom is -0.493 e. The summed E-state index contributed by atoms with van der Waals surface area (Å²) in [5, 5.41) is 18.9. The van der Waals surface area contributed by atoms with Crippen molar-refractivity contribution in [2.75, 3.05) is 13.1 Å². The Labute approximate surface area is 128 Å². The summed E-state index contributed by atoms with van der Waals surface area (Å²) in [6.07, 6.45) is 0. The highest BCUT2D eigenvalue weighted by molar-refractivity contribution is 7.80. The van der Waals surface area contributed by atoms with Gasteiger partial charge in [-0.05, 0) is 31.4 Å². The number of para-hydroxylation sites is 1. The molecule has 0 atom stereocenters. The van der Waals surface area contributed by atoms with Gasteiger partial charge in [-0.1, -0.05) is 32.0 Å². The summed E-state index contributed by atoms with van der Waals surface area (Å²) in [5.41, 5.74) is 6.64. The highest BCUT2D eigenvalue weighted by Gasteiger charge is 2.17. The summed E-state index contributed by atoms with van der Waals surface area (Å²) in [7, 11) is 0. The van der Waals surface area contributed by atoms with Crippen LogP contribution in [0.1, 0.15) is 13.8 Å². The lowest BCUT2D eigenvalue weighted by atomic mass is 10.2. The van der Waals surface area contributed by atoms with Gasteiger partial charge < -0.3 is 10.8 Å². The molecule has 0 aliphatic carbocycles. The van der Waals surface area contributed by atoms with Crippen molar-refractivity contribution in [3.63, 3.8) is 0 Å². The van der Waals surface area contributed by atoms with Gasteiger partial charge in [0.05, 0.1) is 12.2 Å². The first-order valence-corrected chi connectivity index (χ1v) is 7.23. The van der Waals surface area contributed by atoms with Crippen LogP contribution in [-0.4, -0.2) is 32.8 Å². The second kappa shape index (κ2) is 6.64. The maximum absolute atomic E-state index is 10.5. The molecule has 0 saturated heterocycles. The number of hydrogen-bond donors (Lipinski definition) is 2. The minimum atomic E-state index is -0.0602. The van der Waals surface area contributed by atoms with Gasteiger partial charge in [0.25, 0.3) is 0 Å². The largest absolute Gasteiger partial charge is 0.493 e. The van der Waals surface area contributed by atoms with Gasteiger partial charge >= 0.3 is 0 Å². The standard InChI is InChI=1S/C14H19N5OS/c1-3-18(4-2)9-19-11-8-6-5-7-10(11)12(13(19)20)16-17-14(15)21/h5-8,20H,3-4,9H2,1-2H3,(H2,15,21). The summed E-state index contributed by atoms with van der Waals surface area (Å²) < 4.78 is 1.82. The Kier molecular flexibility index (Phi) is 4.87. The average molecular weight is 305 g/mol. The number of azo groups is 1. The fraction of sp³-hybridized carbons (Fsp3) is 0.357. The van der Waals surface area contributed by atoms with Crippen molar-refractivity contribution in [1.82, 2.24) is 9.47 Å². The van der Waals surface area contributed by atoms with Gasteiger partial charge in [-0.15, -0.1) is 10.2 Å². The zero-order valence-electron chi connectivity index (χ0n) is 12.2. The topological polar surface area (TPSA) is 79.1 Å². The molecule has 0 spiro atoms. The van der Waals surface area contributed by atoms with E-state index in [1.807, 2.05) is 28.8 Å². The van der Waals surface area contributed by atoms with E-state index in [2.05, 4.69) is 29.0 Å². The van der Waals surface area contributed by atoms with Crippen molar-refractivity contribution in [2.45, 2.75) is 20.5 Å². The molecule has 0 bridgehead atoms. The van der Waals surface area contributed by atoms with Crippen LogP contribution in [0.25, 0.3) is 10.9 Å². The van der Waals surface area contributed by atoms with Crippen LogP contribution >= 0.6 is 12.2 Å². The molecule has 0 saturated carbocycles. The van der Waals surface area contributed by atoms with E-state index in [0.29, 0.717) is 12.4 Å². The molecular formula is C14H19N5OS. The number of aromatic hydroxyl groups is 1. The van der Waals surface area contributed by atoms with Crippen LogP contribution in [-0.2, 0) is 6.67 Å². The van der Waals surface area contributed by atoms with Crippen LogP contribution in [0.4, 0.5) is 5.69 Å². The van der Waals surface area contributed by atoms with Gasteiger partial charge in [-0.3, -0.25) is 9.47 Å². The lowest BCUT2D eigenvalue weighted by molar-refractivity contribution is 0.233. The van der Waals surface area contributed by atoms with Gasteiger partial charge in [0.2, 0.25) is 11.0 Å². The van der Waals surface area contributed by atoms with E-state index in [9.17, 15) is 5.11 Å². The summed E-state index contributed by atoms with van der Waals surface area (Å²) in [6, 6.07) is 7.65. The van der Waals surface area contributed by atoms with E-state index < -0.39 is 0 Å². The third kappa shape index (κ3) is 3.20. The van der Waals surface area contributed by atoms with E-state index >= 15 is 0 Å². The molecule has 0 unspecified atom stereocenters. The smallest absolute Gasteiger partial charge is 0.221 e. The lowest BCUT2D eigenvalue weighted by Crippen LogP contribution is -2.25. The zero-order valence-corrected chi connectivity index (χ0v) is 13.0. The van der Waals surface area contributed by atoms with Crippen LogP contribution < -0.4 is 5.73 Å². The minimum absolute atomic E-state index is 0.0602. The van der Waals surface area contributed by atoms with E-state index in [0.717, 1.165) is 24.0 Å². The summed E-state index contributed by atoms with van der Waals surface area (Å²) in [5.74, 6) is 0.0723. The van der Waals surface area contributed by atoms with Crippen molar-refractivity contribution < 1.29 is 5.11 Å². The van der Waals surface area contributed by atoms with Crippen LogP contribution in [0.3, 0.4) is 0 Å². The van der Waals surface area contributed by atoms with Gasteiger partial charge in [0.1, 0.15) is 0 Å². The Hall–Kier alpha value is -1.99. The number of fused-ring (bicyclic) bond motifs is 1. The molecule has 21 heavy (non-hydrogen) atoms. The predicted octanol–water partition coefficient (Wildman–Crippen LogP) is 2.97.